The Bertz CT molecular complexity index is 537. The molecule has 0 amide bonds. The van der Waals surface area contributed by atoms with E-state index in [1.807, 2.05) is 0 Å². The lowest BCUT2D eigenvalue weighted by Crippen LogP contribution is -2.48. The van der Waals surface area contributed by atoms with Crippen LogP contribution in [-0.4, -0.2) is 73.9 Å². The van der Waals surface area contributed by atoms with Gasteiger partial charge in [0.25, 0.3) is 0 Å². The summed E-state index contributed by atoms with van der Waals surface area (Å²) >= 11 is 1.79. The Hall–Kier alpha value is -1.15. The summed E-state index contributed by atoms with van der Waals surface area (Å²) in [5.41, 5.74) is 6.25. The summed E-state index contributed by atoms with van der Waals surface area (Å²) in [7, 11) is 0. The van der Waals surface area contributed by atoms with Crippen LogP contribution in [0.15, 0.2) is 22.5 Å². The van der Waals surface area contributed by atoms with Crippen LogP contribution in [0.5, 0.6) is 0 Å². The molecule has 3 heterocycles. The number of morpholine rings is 2. The predicted octanol–water partition coefficient (Wildman–Crippen LogP) is 1.55. The van der Waals surface area contributed by atoms with Crippen molar-refractivity contribution < 1.29 is 9.47 Å². The fourth-order valence-electron chi connectivity index (χ4n) is 3.30. The monoisotopic (exact) mass is 352 g/mol. The highest BCUT2D eigenvalue weighted by Crippen LogP contribution is 2.27. The van der Waals surface area contributed by atoms with Crippen LogP contribution in [0, 0.1) is 0 Å². The van der Waals surface area contributed by atoms with Crippen LogP contribution in [0.2, 0.25) is 0 Å². The summed E-state index contributed by atoms with van der Waals surface area (Å²) < 4.78 is 11.3. The third-order valence-electron chi connectivity index (χ3n) is 4.58. The Kier molecular flexibility index (Phi) is 6.10. The summed E-state index contributed by atoms with van der Waals surface area (Å²) in [5.74, 6) is 0.632. The van der Waals surface area contributed by atoms with E-state index in [9.17, 15) is 0 Å². The first-order chi connectivity index (χ1) is 11.6. The fraction of sp³-hybridized carbons (Fsp3) is 0.706. The van der Waals surface area contributed by atoms with Gasteiger partial charge in [0.05, 0.1) is 38.0 Å². The van der Waals surface area contributed by atoms with Crippen molar-refractivity contribution in [2.45, 2.75) is 32.1 Å². The molecule has 6 nitrogen and oxygen atoms in total. The average Bonchev–Trinajstić information content (AvgIpc) is 3.09. The lowest BCUT2D eigenvalue weighted by atomic mass is 10.1. The minimum atomic E-state index is 0.209. The van der Waals surface area contributed by atoms with Gasteiger partial charge in [-0.1, -0.05) is 6.07 Å². The zero-order valence-corrected chi connectivity index (χ0v) is 15.4. The standard InChI is InChI=1S/C17H28N4O2S/c1-13-11-20(5-7-22-13)15(16-4-3-9-24-16)10-19-17(18)21-6-8-23-14(2)12-21/h3-4,9,13-15H,5-8,10-12H2,1-2H3,(H2,18,19). The van der Waals surface area contributed by atoms with Crippen LogP contribution in [0.25, 0.3) is 0 Å². The Morgan fingerprint density at radius 3 is 2.71 bits per heavy atom. The van der Waals surface area contributed by atoms with Gasteiger partial charge in [-0.2, -0.15) is 0 Å². The zero-order chi connectivity index (χ0) is 16.9. The van der Waals surface area contributed by atoms with Gasteiger partial charge in [0, 0.05) is 31.1 Å². The SMILES string of the molecule is CC1CN(C(N)=NCC(c2cccs2)N2CCOC(C)C2)CCO1. The normalized spacial score (nSPS) is 28.1. The summed E-state index contributed by atoms with van der Waals surface area (Å²) in [5, 5.41) is 2.13. The maximum absolute atomic E-state index is 6.25. The van der Waals surface area contributed by atoms with Crippen molar-refractivity contribution in [1.82, 2.24) is 9.80 Å². The highest BCUT2D eigenvalue weighted by atomic mass is 32.1. The van der Waals surface area contributed by atoms with Crippen LogP contribution in [0.1, 0.15) is 24.8 Å². The number of hydrogen-bond acceptors (Lipinski definition) is 5. The van der Waals surface area contributed by atoms with Crippen molar-refractivity contribution >= 4 is 17.3 Å². The van der Waals surface area contributed by atoms with E-state index in [1.54, 1.807) is 11.3 Å². The number of guanidine groups is 1. The Morgan fingerprint density at radius 2 is 2.04 bits per heavy atom. The maximum atomic E-state index is 6.25. The smallest absolute Gasteiger partial charge is 0.191 e. The molecule has 24 heavy (non-hydrogen) atoms. The van der Waals surface area contributed by atoms with E-state index in [1.165, 1.54) is 4.88 Å². The van der Waals surface area contributed by atoms with Crippen molar-refractivity contribution in [2.75, 3.05) is 45.9 Å². The van der Waals surface area contributed by atoms with E-state index < -0.39 is 0 Å². The van der Waals surface area contributed by atoms with Gasteiger partial charge in [-0.05, 0) is 25.3 Å². The second kappa shape index (κ2) is 8.29. The second-order valence-corrected chi connectivity index (χ2v) is 7.51. The number of nitrogens with two attached hydrogens (primary N) is 1. The zero-order valence-electron chi connectivity index (χ0n) is 14.6. The highest BCUT2D eigenvalue weighted by Gasteiger charge is 2.26. The van der Waals surface area contributed by atoms with Gasteiger partial charge in [0.2, 0.25) is 0 Å². The van der Waals surface area contributed by atoms with E-state index in [0.717, 1.165) is 32.8 Å². The minimum absolute atomic E-state index is 0.209. The number of hydrogen-bond donors (Lipinski definition) is 1. The van der Waals surface area contributed by atoms with Gasteiger partial charge in [-0.3, -0.25) is 9.89 Å². The molecule has 2 aliphatic heterocycles. The molecule has 0 aromatic carbocycles. The van der Waals surface area contributed by atoms with Crippen LogP contribution < -0.4 is 5.73 Å². The first-order valence-corrected chi connectivity index (χ1v) is 9.57. The maximum Gasteiger partial charge on any atom is 0.191 e. The lowest BCUT2D eigenvalue weighted by Gasteiger charge is -2.36. The van der Waals surface area contributed by atoms with Gasteiger partial charge < -0.3 is 20.1 Å². The van der Waals surface area contributed by atoms with Crippen molar-refractivity contribution in [3.8, 4) is 0 Å². The molecule has 2 aliphatic rings. The van der Waals surface area contributed by atoms with E-state index in [2.05, 4.69) is 41.2 Å². The Labute approximate surface area is 148 Å². The molecule has 2 N–H and O–H groups in total. The number of ether oxygens (including phenoxy) is 2. The molecule has 2 fully saturated rings. The predicted molar refractivity (Wildman–Crippen MR) is 97.5 cm³/mol. The topological polar surface area (TPSA) is 63.3 Å². The van der Waals surface area contributed by atoms with Gasteiger partial charge in [-0.25, -0.2) is 0 Å². The molecule has 1 aromatic rings. The number of thiophene rings is 1. The third-order valence-corrected chi connectivity index (χ3v) is 5.55. The molecule has 0 radical (unpaired) electrons. The Balaban J connectivity index is 1.68. The van der Waals surface area contributed by atoms with E-state index in [4.69, 9.17) is 20.2 Å². The van der Waals surface area contributed by atoms with E-state index in [-0.39, 0.29) is 18.2 Å². The molecular formula is C17H28N4O2S. The van der Waals surface area contributed by atoms with Crippen LogP contribution in [0.3, 0.4) is 0 Å². The molecule has 3 rings (SSSR count). The summed E-state index contributed by atoms with van der Waals surface area (Å²) in [6.07, 6.45) is 0.475. The van der Waals surface area contributed by atoms with E-state index in [0.29, 0.717) is 19.1 Å². The van der Waals surface area contributed by atoms with Crippen LogP contribution in [0.4, 0.5) is 0 Å². The van der Waals surface area contributed by atoms with Gasteiger partial charge in [0.15, 0.2) is 5.96 Å². The molecule has 0 bridgehead atoms. The van der Waals surface area contributed by atoms with Gasteiger partial charge >= 0.3 is 0 Å². The first kappa shape index (κ1) is 17.7. The average molecular weight is 353 g/mol. The molecule has 0 saturated carbocycles. The largest absolute Gasteiger partial charge is 0.376 e. The van der Waals surface area contributed by atoms with E-state index >= 15 is 0 Å². The van der Waals surface area contributed by atoms with Gasteiger partial charge in [-0.15, -0.1) is 11.3 Å². The highest BCUT2D eigenvalue weighted by molar-refractivity contribution is 7.10. The molecule has 3 atom stereocenters. The second-order valence-electron chi connectivity index (χ2n) is 6.53. The minimum Gasteiger partial charge on any atom is -0.376 e. The molecule has 7 heteroatoms. The molecule has 2 saturated heterocycles. The van der Waals surface area contributed by atoms with Crippen molar-refractivity contribution in [1.29, 1.82) is 0 Å². The quantitative estimate of drug-likeness (QED) is 0.658. The van der Waals surface area contributed by atoms with Gasteiger partial charge in [0.1, 0.15) is 0 Å². The molecular weight excluding hydrogens is 324 g/mol. The Morgan fingerprint density at radius 1 is 1.29 bits per heavy atom. The number of rotatable bonds is 4. The van der Waals surface area contributed by atoms with Crippen molar-refractivity contribution in [2.24, 2.45) is 10.7 Å². The van der Waals surface area contributed by atoms with Crippen molar-refractivity contribution in [3.05, 3.63) is 22.4 Å². The first-order valence-electron chi connectivity index (χ1n) is 8.69. The van der Waals surface area contributed by atoms with Crippen LogP contribution in [-0.2, 0) is 9.47 Å². The summed E-state index contributed by atoms with van der Waals surface area (Å²) in [6.45, 7) is 9.89. The molecule has 134 valence electrons. The lowest BCUT2D eigenvalue weighted by molar-refractivity contribution is -0.0328. The summed E-state index contributed by atoms with van der Waals surface area (Å²) in [4.78, 5) is 10.7. The van der Waals surface area contributed by atoms with Crippen molar-refractivity contribution in [3.63, 3.8) is 0 Å². The molecule has 0 spiro atoms. The number of nitrogens with zero attached hydrogens (tertiary/aromatic N) is 3. The molecule has 0 aliphatic carbocycles. The number of aliphatic imine (C=N–C) groups is 1. The molecule has 1 aromatic heterocycles. The third kappa shape index (κ3) is 4.47. The van der Waals surface area contributed by atoms with Crippen LogP contribution >= 0.6 is 11.3 Å². The summed E-state index contributed by atoms with van der Waals surface area (Å²) in [6, 6.07) is 4.57. The fourth-order valence-corrected chi connectivity index (χ4v) is 4.15. The molecule has 3 unspecified atom stereocenters.